The molecule has 4 aromatic carbocycles. The quantitative estimate of drug-likeness (QED) is 0.224. The van der Waals surface area contributed by atoms with E-state index in [2.05, 4.69) is 40.6 Å². The van der Waals surface area contributed by atoms with E-state index in [1.807, 2.05) is 60.8 Å². The van der Waals surface area contributed by atoms with Crippen LogP contribution in [-0.4, -0.2) is 38.3 Å². The molecule has 6 heteroatoms. The van der Waals surface area contributed by atoms with Gasteiger partial charge >= 0.3 is 5.97 Å². The number of hydrogen-bond donors (Lipinski definition) is 1. The van der Waals surface area contributed by atoms with Crippen LogP contribution in [-0.2, 0) is 4.74 Å². The second-order valence-electron chi connectivity index (χ2n) is 8.82. The number of methoxy groups -OCH3 is 2. The number of nitrogens with zero attached hydrogens (tertiary/aromatic N) is 1. The van der Waals surface area contributed by atoms with Gasteiger partial charge in [-0.2, -0.15) is 0 Å². The van der Waals surface area contributed by atoms with E-state index in [0.29, 0.717) is 18.7 Å². The van der Waals surface area contributed by atoms with Crippen LogP contribution in [0.5, 0.6) is 11.5 Å². The largest absolute Gasteiger partial charge is 0.497 e. The topological polar surface area (TPSA) is 69.7 Å². The van der Waals surface area contributed by atoms with E-state index in [4.69, 9.17) is 14.2 Å². The monoisotopic (exact) mass is 504 g/mol. The number of ether oxygens (including phenoxy) is 3. The van der Waals surface area contributed by atoms with Gasteiger partial charge in [0, 0.05) is 17.3 Å². The minimum absolute atomic E-state index is 0.359. The van der Waals surface area contributed by atoms with Crippen LogP contribution in [0.2, 0.25) is 0 Å². The lowest BCUT2D eigenvalue weighted by atomic mass is 10.1. The third-order valence-corrected chi connectivity index (χ3v) is 6.27. The van der Waals surface area contributed by atoms with E-state index in [-0.39, 0.29) is 5.97 Å². The fourth-order valence-electron chi connectivity index (χ4n) is 4.25. The van der Waals surface area contributed by atoms with Gasteiger partial charge in [-0.3, -0.25) is 4.98 Å². The van der Waals surface area contributed by atoms with Crippen molar-refractivity contribution in [1.29, 1.82) is 0 Å². The number of carbonyl (C=O) groups is 1. The molecule has 0 fully saturated rings. The Hall–Kier alpha value is -4.84. The molecule has 6 nitrogen and oxygen atoms in total. The number of anilines is 1. The smallest absolute Gasteiger partial charge is 0.337 e. The van der Waals surface area contributed by atoms with Gasteiger partial charge in [-0.1, -0.05) is 54.6 Å². The molecule has 0 saturated carbocycles. The van der Waals surface area contributed by atoms with E-state index in [1.54, 1.807) is 19.2 Å². The summed E-state index contributed by atoms with van der Waals surface area (Å²) in [6.45, 7) is 0.926. The molecule has 5 rings (SSSR count). The molecule has 0 atom stereocenters. The average molecular weight is 505 g/mol. The fraction of sp³-hybridized carbons (Fsp3) is 0.125. The predicted octanol–water partition coefficient (Wildman–Crippen LogP) is 6.76. The van der Waals surface area contributed by atoms with E-state index in [1.165, 1.54) is 7.11 Å². The zero-order valence-corrected chi connectivity index (χ0v) is 21.3. The SMILES string of the molecule is COC(=O)c1ccc(C=C(CNc2cnc3ccc(OC)cc3c2)COc2cccc3ccccc23)cc1. The standard InChI is InChI=1S/C32H28N2O4/c1-36-28-14-15-30-26(18-28)17-27(20-34-30)33-19-23(16-22-10-12-25(13-11-22)32(35)37-2)21-38-31-9-5-7-24-6-3-4-8-29(24)31/h3-18,20,33H,19,21H2,1-2H3. The maximum atomic E-state index is 11.8. The summed E-state index contributed by atoms with van der Waals surface area (Å²) in [5.74, 6) is 1.26. The third kappa shape index (κ3) is 5.76. The molecule has 0 aliphatic rings. The predicted molar refractivity (Wildman–Crippen MR) is 152 cm³/mol. The summed E-state index contributed by atoms with van der Waals surface area (Å²) in [6, 6.07) is 29.4. The normalized spacial score (nSPS) is 11.4. The second-order valence-corrected chi connectivity index (χ2v) is 8.82. The molecule has 190 valence electrons. The molecule has 0 radical (unpaired) electrons. The summed E-state index contributed by atoms with van der Waals surface area (Å²) in [5.41, 5.74) is 4.28. The number of pyridine rings is 1. The maximum Gasteiger partial charge on any atom is 0.337 e. The van der Waals surface area contributed by atoms with Crippen LogP contribution in [0.1, 0.15) is 15.9 Å². The Morgan fingerprint density at radius 1 is 0.895 bits per heavy atom. The molecular weight excluding hydrogens is 476 g/mol. The molecular formula is C32H28N2O4. The van der Waals surface area contributed by atoms with Crippen LogP contribution in [0.15, 0.2) is 103 Å². The maximum absolute atomic E-state index is 11.8. The van der Waals surface area contributed by atoms with Crippen molar-refractivity contribution >= 4 is 39.4 Å². The number of carbonyl (C=O) groups excluding carboxylic acids is 1. The molecule has 0 bridgehead atoms. The summed E-state index contributed by atoms with van der Waals surface area (Å²) < 4.78 is 16.5. The van der Waals surface area contributed by atoms with Crippen molar-refractivity contribution in [3.8, 4) is 11.5 Å². The highest BCUT2D eigenvalue weighted by atomic mass is 16.5. The van der Waals surface area contributed by atoms with Crippen LogP contribution < -0.4 is 14.8 Å². The molecule has 0 aliphatic heterocycles. The Balaban J connectivity index is 1.39. The van der Waals surface area contributed by atoms with E-state index < -0.39 is 0 Å². The van der Waals surface area contributed by atoms with Crippen molar-refractivity contribution < 1.29 is 19.0 Å². The van der Waals surface area contributed by atoms with Gasteiger partial charge in [0.2, 0.25) is 0 Å². The van der Waals surface area contributed by atoms with Crippen LogP contribution >= 0.6 is 0 Å². The number of nitrogens with one attached hydrogen (secondary N) is 1. The van der Waals surface area contributed by atoms with Crippen LogP contribution in [0.3, 0.4) is 0 Å². The van der Waals surface area contributed by atoms with Crippen molar-refractivity contribution in [3.63, 3.8) is 0 Å². The van der Waals surface area contributed by atoms with E-state index >= 15 is 0 Å². The van der Waals surface area contributed by atoms with E-state index in [9.17, 15) is 4.79 Å². The Morgan fingerprint density at radius 3 is 2.53 bits per heavy atom. The van der Waals surface area contributed by atoms with Crippen molar-refractivity contribution in [3.05, 3.63) is 114 Å². The lowest BCUT2D eigenvalue weighted by molar-refractivity contribution is 0.0600. The van der Waals surface area contributed by atoms with Gasteiger partial charge in [0.25, 0.3) is 0 Å². The van der Waals surface area contributed by atoms with Crippen molar-refractivity contribution in [2.24, 2.45) is 0 Å². The summed E-state index contributed by atoms with van der Waals surface area (Å²) in [7, 11) is 3.03. The van der Waals surface area contributed by atoms with Crippen LogP contribution in [0.25, 0.3) is 27.8 Å². The number of rotatable bonds is 9. The first-order valence-corrected chi connectivity index (χ1v) is 12.3. The van der Waals surface area contributed by atoms with Gasteiger partial charge < -0.3 is 19.5 Å². The molecule has 0 amide bonds. The number of fused-ring (bicyclic) bond motifs is 2. The van der Waals surface area contributed by atoms with Gasteiger partial charge in [0.1, 0.15) is 18.1 Å². The van der Waals surface area contributed by atoms with Crippen molar-refractivity contribution in [2.75, 3.05) is 32.7 Å². The highest BCUT2D eigenvalue weighted by Crippen LogP contribution is 2.26. The Kier molecular flexibility index (Phi) is 7.50. The van der Waals surface area contributed by atoms with Crippen LogP contribution in [0, 0.1) is 0 Å². The zero-order valence-electron chi connectivity index (χ0n) is 21.3. The molecule has 1 aromatic heterocycles. The molecule has 0 aliphatic carbocycles. The molecule has 5 aromatic rings. The molecule has 0 unspecified atom stereocenters. The molecule has 1 heterocycles. The summed E-state index contributed by atoms with van der Waals surface area (Å²) in [6.07, 6.45) is 3.89. The van der Waals surface area contributed by atoms with Gasteiger partial charge in [-0.25, -0.2) is 4.79 Å². The van der Waals surface area contributed by atoms with Gasteiger partial charge in [0.05, 0.1) is 37.2 Å². The molecule has 1 N–H and O–H groups in total. The van der Waals surface area contributed by atoms with Crippen molar-refractivity contribution in [2.45, 2.75) is 0 Å². The third-order valence-electron chi connectivity index (χ3n) is 6.27. The summed E-state index contributed by atoms with van der Waals surface area (Å²) >= 11 is 0. The minimum atomic E-state index is -0.359. The first-order chi connectivity index (χ1) is 18.6. The number of esters is 1. The lowest BCUT2D eigenvalue weighted by Crippen LogP contribution is -2.12. The van der Waals surface area contributed by atoms with Crippen molar-refractivity contribution in [1.82, 2.24) is 4.98 Å². The highest BCUT2D eigenvalue weighted by molar-refractivity contribution is 5.90. The fourth-order valence-corrected chi connectivity index (χ4v) is 4.25. The summed E-state index contributed by atoms with van der Waals surface area (Å²) in [5, 5.41) is 6.67. The average Bonchev–Trinajstić information content (AvgIpc) is 2.98. The Bertz CT molecular complexity index is 1600. The lowest BCUT2D eigenvalue weighted by Gasteiger charge is -2.14. The first kappa shape index (κ1) is 24.8. The Morgan fingerprint density at radius 2 is 1.71 bits per heavy atom. The summed E-state index contributed by atoms with van der Waals surface area (Å²) in [4.78, 5) is 16.4. The number of benzene rings is 4. The van der Waals surface area contributed by atoms with Gasteiger partial charge in [-0.05, 0) is 59.0 Å². The molecule has 38 heavy (non-hydrogen) atoms. The van der Waals surface area contributed by atoms with E-state index in [0.717, 1.165) is 50.0 Å². The highest BCUT2D eigenvalue weighted by Gasteiger charge is 2.08. The number of aromatic nitrogens is 1. The van der Waals surface area contributed by atoms with Gasteiger partial charge in [-0.15, -0.1) is 0 Å². The zero-order chi connectivity index (χ0) is 26.3. The minimum Gasteiger partial charge on any atom is -0.497 e. The first-order valence-electron chi connectivity index (χ1n) is 12.3. The van der Waals surface area contributed by atoms with Gasteiger partial charge in [0.15, 0.2) is 0 Å². The second kappa shape index (κ2) is 11.5. The van der Waals surface area contributed by atoms with Crippen LogP contribution in [0.4, 0.5) is 5.69 Å². The Labute approximate surface area is 221 Å². The number of hydrogen-bond acceptors (Lipinski definition) is 6. The molecule has 0 saturated heterocycles. The molecule has 0 spiro atoms.